The van der Waals surface area contributed by atoms with Gasteiger partial charge >= 0.3 is 11.9 Å². The van der Waals surface area contributed by atoms with Gasteiger partial charge in [0.1, 0.15) is 12.4 Å². The van der Waals surface area contributed by atoms with Gasteiger partial charge in [-0.3, -0.25) is 14.2 Å². The predicted octanol–water partition coefficient (Wildman–Crippen LogP) is 3.69. The molecule has 1 atom stereocenters. The first kappa shape index (κ1) is 28.6. The molecule has 0 bridgehead atoms. The molecule has 0 aliphatic carbocycles. The third-order valence-corrected chi connectivity index (χ3v) is 6.88. The highest BCUT2D eigenvalue weighted by molar-refractivity contribution is 7.07. The standard InChI is InChI=1S/C30H30N2O7S/c1-6-15-38-22-12-10-21(11-13-22)27-26(29(35)37-8-3)18(4)31-30-32(27)28(34)25(40-30)17-20-9-14-23(39-19(5)33)24(16-20)36-7-2/h6,9-14,16-17,27H,1,7-8,15H2,2-5H3. The Kier molecular flexibility index (Phi) is 9.00. The fourth-order valence-electron chi connectivity index (χ4n) is 4.28. The number of aromatic nitrogens is 1. The van der Waals surface area contributed by atoms with Crippen molar-refractivity contribution in [2.45, 2.75) is 33.7 Å². The zero-order valence-electron chi connectivity index (χ0n) is 22.8. The summed E-state index contributed by atoms with van der Waals surface area (Å²) in [6.07, 6.45) is 3.37. The molecule has 40 heavy (non-hydrogen) atoms. The summed E-state index contributed by atoms with van der Waals surface area (Å²) in [5.41, 5.74) is 1.85. The number of esters is 2. The molecule has 0 N–H and O–H groups in total. The van der Waals surface area contributed by atoms with Gasteiger partial charge in [-0.2, -0.15) is 0 Å². The first-order valence-electron chi connectivity index (χ1n) is 12.8. The van der Waals surface area contributed by atoms with Crippen LogP contribution in [0.1, 0.15) is 44.9 Å². The van der Waals surface area contributed by atoms with E-state index in [1.165, 1.54) is 22.8 Å². The van der Waals surface area contributed by atoms with Crippen molar-refractivity contribution in [3.05, 3.63) is 97.2 Å². The van der Waals surface area contributed by atoms with E-state index in [2.05, 4.69) is 11.6 Å². The van der Waals surface area contributed by atoms with Crippen LogP contribution in [0.15, 0.2) is 76.2 Å². The second-order valence-electron chi connectivity index (χ2n) is 8.70. The SMILES string of the molecule is C=CCOc1ccc(C2C(C(=O)OCC)=C(C)N=c3sc(=Cc4ccc(OC(C)=O)c(OCC)c4)c(=O)n32)cc1. The highest BCUT2D eigenvalue weighted by Gasteiger charge is 2.33. The fourth-order valence-corrected chi connectivity index (χ4v) is 5.33. The van der Waals surface area contributed by atoms with E-state index in [1.54, 1.807) is 56.3 Å². The summed E-state index contributed by atoms with van der Waals surface area (Å²) in [6.45, 7) is 11.2. The number of hydrogen-bond acceptors (Lipinski definition) is 9. The number of benzene rings is 2. The molecule has 2 heterocycles. The molecule has 3 aromatic rings. The van der Waals surface area contributed by atoms with E-state index in [4.69, 9.17) is 18.9 Å². The first-order valence-corrected chi connectivity index (χ1v) is 13.6. The smallest absolute Gasteiger partial charge is 0.338 e. The molecule has 9 nitrogen and oxygen atoms in total. The van der Waals surface area contributed by atoms with Crippen LogP contribution in [0.4, 0.5) is 0 Å². The van der Waals surface area contributed by atoms with Gasteiger partial charge in [0.2, 0.25) is 0 Å². The van der Waals surface area contributed by atoms with E-state index in [1.807, 2.05) is 19.1 Å². The van der Waals surface area contributed by atoms with Gasteiger partial charge in [0.25, 0.3) is 5.56 Å². The first-order chi connectivity index (χ1) is 19.3. The molecule has 1 unspecified atom stereocenters. The molecule has 4 rings (SSSR count). The van der Waals surface area contributed by atoms with Crippen molar-refractivity contribution < 1.29 is 28.5 Å². The van der Waals surface area contributed by atoms with Gasteiger partial charge in [-0.1, -0.05) is 42.2 Å². The van der Waals surface area contributed by atoms with Crippen molar-refractivity contribution >= 4 is 29.4 Å². The van der Waals surface area contributed by atoms with E-state index >= 15 is 0 Å². The van der Waals surface area contributed by atoms with E-state index in [-0.39, 0.29) is 12.2 Å². The molecule has 0 fully saturated rings. The average Bonchev–Trinajstić information content (AvgIpc) is 3.22. The fraction of sp³-hybridized carbons (Fsp3) is 0.267. The predicted molar refractivity (Wildman–Crippen MR) is 151 cm³/mol. The van der Waals surface area contributed by atoms with E-state index in [0.29, 0.717) is 62.2 Å². The Morgan fingerprint density at radius 1 is 1.07 bits per heavy atom. The molecule has 1 aliphatic heterocycles. The van der Waals surface area contributed by atoms with Gasteiger partial charge in [-0.15, -0.1) is 0 Å². The zero-order chi connectivity index (χ0) is 28.8. The van der Waals surface area contributed by atoms with E-state index < -0.39 is 18.0 Å². The van der Waals surface area contributed by atoms with Crippen molar-refractivity contribution in [2.75, 3.05) is 19.8 Å². The molecule has 0 radical (unpaired) electrons. The van der Waals surface area contributed by atoms with Crippen LogP contribution in [0.25, 0.3) is 6.08 Å². The Bertz CT molecular complexity index is 1650. The second kappa shape index (κ2) is 12.6. The molecule has 0 spiro atoms. The Labute approximate surface area is 235 Å². The third kappa shape index (κ3) is 6.07. The van der Waals surface area contributed by atoms with Gasteiger partial charge in [-0.05, 0) is 62.2 Å². The van der Waals surface area contributed by atoms with Crippen LogP contribution in [-0.4, -0.2) is 36.3 Å². The second-order valence-corrected chi connectivity index (χ2v) is 9.71. The maximum absolute atomic E-state index is 13.8. The van der Waals surface area contributed by atoms with Crippen LogP contribution in [0, 0.1) is 0 Å². The quantitative estimate of drug-likeness (QED) is 0.211. The summed E-state index contributed by atoms with van der Waals surface area (Å²) in [6, 6.07) is 11.5. The highest BCUT2D eigenvalue weighted by Crippen LogP contribution is 2.32. The van der Waals surface area contributed by atoms with Crippen molar-refractivity contribution in [1.82, 2.24) is 4.57 Å². The van der Waals surface area contributed by atoms with E-state index in [9.17, 15) is 14.4 Å². The van der Waals surface area contributed by atoms with E-state index in [0.717, 1.165) is 0 Å². The lowest BCUT2D eigenvalue weighted by Crippen LogP contribution is -2.39. The van der Waals surface area contributed by atoms with Crippen LogP contribution in [0.5, 0.6) is 17.2 Å². The summed E-state index contributed by atoms with van der Waals surface area (Å²) in [5.74, 6) is 0.323. The molecule has 2 aromatic carbocycles. The summed E-state index contributed by atoms with van der Waals surface area (Å²) in [7, 11) is 0. The van der Waals surface area contributed by atoms with Crippen LogP contribution in [-0.2, 0) is 14.3 Å². The molecular weight excluding hydrogens is 532 g/mol. The van der Waals surface area contributed by atoms with Crippen molar-refractivity contribution in [2.24, 2.45) is 4.99 Å². The average molecular weight is 563 g/mol. The summed E-state index contributed by atoms with van der Waals surface area (Å²) in [4.78, 5) is 43.5. The van der Waals surface area contributed by atoms with Crippen LogP contribution >= 0.6 is 11.3 Å². The summed E-state index contributed by atoms with van der Waals surface area (Å²) in [5, 5.41) is 0. The Balaban J connectivity index is 1.85. The number of rotatable bonds is 10. The van der Waals surface area contributed by atoms with Gasteiger partial charge < -0.3 is 18.9 Å². The number of carbonyl (C=O) groups is 2. The number of allylic oxidation sites excluding steroid dienone is 1. The Hall–Kier alpha value is -4.44. The van der Waals surface area contributed by atoms with Gasteiger partial charge in [0.15, 0.2) is 16.3 Å². The molecule has 0 amide bonds. The molecule has 0 saturated carbocycles. The summed E-state index contributed by atoms with van der Waals surface area (Å²) >= 11 is 1.21. The molecule has 0 saturated heterocycles. The zero-order valence-corrected chi connectivity index (χ0v) is 23.6. The van der Waals surface area contributed by atoms with Crippen LogP contribution in [0.3, 0.4) is 0 Å². The molecule has 1 aromatic heterocycles. The van der Waals surface area contributed by atoms with Crippen LogP contribution in [0.2, 0.25) is 0 Å². The number of fused-ring (bicyclic) bond motifs is 1. The molecular formula is C30H30N2O7S. The monoisotopic (exact) mass is 562 g/mol. The maximum atomic E-state index is 13.8. The summed E-state index contributed by atoms with van der Waals surface area (Å²) < 4.78 is 23.8. The largest absolute Gasteiger partial charge is 0.490 e. The molecule has 208 valence electrons. The maximum Gasteiger partial charge on any atom is 0.338 e. The third-order valence-electron chi connectivity index (χ3n) is 5.90. The minimum atomic E-state index is -0.740. The molecule has 10 heteroatoms. The normalized spacial score (nSPS) is 14.7. The van der Waals surface area contributed by atoms with Crippen molar-refractivity contribution in [3.63, 3.8) is 0 Å². The number of nitrogens with zero attached hydrogens (tertiary/aromatic N) is 2. The van der Waals surface area contributed by atoms with Crippen molar-refractivity contribution in [1.29, 1.82) is 0 Å². The van der Waals surface area contributed by atoms with Gasteiger partial charge in [0.05, 0.1) is 35.1 Å². The number of hydrogen-bond donors (Lipinski definition) is 0. The topological polar surface area (TPSA) is 105 Å². The molecule has 1 aliphatic rings. The lowest BCUT2D eigenvalue weighted by atomic mass is 9.96. The highest BCUT2D eigenvalue weighted by atomic mass is 32.1. The van der Waals surface area contributed by atoms with Gasteiger partial charge in [0, 0.05) is 6.92 Å². The Morgan fingerprint density at radius 2 is 1.82 bits per heavy atom. The Morgan fingerprint density at radius 3 is 2.48 bits per heavy atom. The van der Waals surface area contributed by atoms with Gasteiger partial charge in [-0.25, -0.2) is 9.79 Å². The lowest BCUT2D eigenvalue weighted by Gasteiger charge is -2.24. The minimum absolute atomic E-state index is 0.187. The number of carbonyl (C=O) groups excluding carboxylic acids is 2. The number of thiazole rings is 1. The van der Waals surface area contributed by atoms with Crippen molar-refractivity contribution in [3.8, 4) is 17.2 Å². The minimum Gasteiger partial charge on any atom is -0.490 e. The van der Waals surface area contributed by atoms with Crippen LogP contribution < -0.4 is 29.1 Å². The number of ether oxygens (including phenoxy) is 4. The lowest BCUT2D eigenvalue weighted by molar-refractivity contribution is -0.139.